The summed E-state index contributed by atoms with van der Waals surface area (Å²) in [6, 6.07) is 4.07. The number of rotatable bonds is 3. The summed E-state index contributed by atoms with van der Waals surface area (Å²) in [6.45, 7) is 1.37. The van der Waals surface area contributed by atoms with Gasteiger partial charge in [0.1, 0.15) is 0 Å². The molecular weight excluding hydrogens is 200 g/mol. The average molecular weight is 213 g/mol. The normalized spacial score (nSPS) is 12.4. The lowest BCUT2D eigenvalue weighted by Crippen LogP contribution is -3.16. The van der Waals surface area contributed by atoms with Gasteiger partial charge >= 0.3 is 5.91 Å². The van der Waals surface area contributed by atoms with Crippen molar-refractivity contribution in [2.45, 2.75) is 6.92 Å². The molecule has 0 radical (unpaired) electrons. The van der Waals surface area contributed by atoms with Crippen molar-refractivity contribution in [3.8, 4) is 11.5 Å². The van der Waals surface area contributed by atoms with Crippen LogP contribution < -0.4 is 10.6 Å². The standard InChI is InChI=1S/C9H12N2O4/c1-6(12)11(10-15-2)7-3-4-8(13)9(14)5-7/h3-5,10,13-14H,1-2H3/p+1. The minimum Gasteiger partial charge on any atom is -0.504 e. The molecule has 0 fully saturated rings. The summed E-state index contributed by atoms with van der Waals surface area (Å²) in [5.74, 6) is -0.759. The highest BCUT2D eigenvalue weighted by Crippen LogP contribution is 2.25. The van der Waals surface area contributed by atoms with Crippen molar-refractivity contribution < 1.29 is 24.9 Å². The van der Waals surface area contributed by atoms with Crippen molar-refractivity contribution in [1.29, 1.82) is 0 Å². The fourth-order valence-corrected chi connectivity index (χ4v) is 1.12. The summed E-state index contributed by atoms with van der Waals surface area (Å²) in [6.07, 6.45) is 0. The summed E-state index contributed by atoms with van der Waals surface area (Å²) in [4.78, 5) is 15.8. The van der Waals surface area contributed by atoms with Crippen LogP contribution in [0.2, 0.25) is 0 Å². The molecule has 15 heavy (non-hydrogen) atoms. The first kappa shape index (κ1) is 11.4. The topological polar surface area (TPSA) is 83.2 Å². The van der Waals surface area contributed by atoms with Crippen LogP contribution in [-0.2, 0) is 9.63 Å². The van der Waals surface area contributed by atoms with Crippen molar-refractivity contribution in [2.75, 3.05) is 7.11 Å². The predicted molar refractivity (Wildman–Crippen MR) is 51.2 cm³/mol. The molecule has 1 atom stereocenters. The monoisotopic (exact) mass is 213 g/mol. The van der Waals surface area contributed by atoms with Crippen molar-refractivity contribution >= 4 is 11.6 Å². The Morgan fingerprint density at radius 2 is 2.07 bits per heavy atom. The molecule has 0 spiro atoms. The SMILES string of the molecule is CON[NH+](C(C)=O)c1ccc(O)c(O)c1. The summed E-state index contributed by atoms with van der Waals surface area (Å²) in [5, 5.41) is 18.6. The van der Waals surface area contributed by atoms with Crippen LogP contribution >= 0.6 is 0 Å². The quantitative estimate of drug-likeness (QED) is 0.301. The summed E-state index contributed by atoms with van der Waals surface area (Å²) in [5.41, 5.74) is 2.86. The molecule has 82 valence electrons. The molecule has 1 aromatic rings. The minimum absolute atomic E-state index is 0.216. The molecule has 0 bridgehead atoms. The van der Waals surface area contributed by atoms with E-state index in [2.05, 4.69) is 10.4 Å². The number of quaternary nitrogens is 1. The maximum Gasteiger partial charge on any atom is 0.335 e. The number of phenolic OH excluding ortho intramolecular Hbond substituents is 2. The molecule has 0 aromatic heterocycles. The van der Waals surface area contributed by atoms with Gasteiger partial charge in [-0.15, -0.1) is 5.01 Å². The van der Waals surface area contributed by atoms with Crippen LogP contribution in [0.25, 0.3) is 0 Å². The molecule has 1 unspecified atom stereocenters. The van der Waals surface area contributed by atoms with Crippen molar-refractivity contribution in [2.24, 2.45) is 0 Å². The minimum atomic E-state index is -0.288. The molecule has 0 aliphatic heterocycles. The van der Waals surface area contributed by atoms with E-state index in [4.69, 9.17) is 5.11 Å². The lowest BCUT2D eigenvalue weighted by Gasteiger charge is -2.13. The first-order chi connectivity index (χ1) is 7.06. The molecule has 1 aromatic carbocycles. The van der Waals surface area contributed by atoms with Gasteiger partial charge in [0.25, 0.3) is 0 Å². The number of phenols is 2. The smallest absolute Gasteiger partial charge is 0.335 e. The van der Waals surface area contributed by atoms with Gasteiger partial charge in [-0.1, -0.05) is 0 Å². The Bertz CT molecular complexity index is 367. The number of hydrogen-bond donors (Lipinski definition) is 4. The lowest BCUT2D eigenvalue weighted by molar-refractivity contribution is -0.836. The van der Waals surface area contributed by atoms with Gasteiger partial charge in [0.2, 0.25) is 0 Å². The molecule has 0 heterocycles. The fourth-order valence-electron chi connectivity index (χ4n) is 1.12. The highest BCUT2D eigenvalue weighted by atomic mass is 16.7. The molecule has 1 rings (SSSR count). The van der Waals surface area contributed by atoms with E-state index in [-0.39, 0.29) is 22.4 Å². The van der Waals surface area contributed by atoms with Crippen molar-refractivity contribution in [3.05, 3.63) is 18.2 Å². The second-order valence-electron chi connectivity index (χ2n) is 2.94. The molecule has 0 aliphatic rings. The fraction of sp³-hybridized carbons (Fsp3) is 0.222. The molecule has 0 saturated carbocycles. The maximum atomic E-state index is 11.2. The van der Waals surface area contributed by atoms with Gasteiger partial charge in [0, 0.05) is 12.1 Å². The van der Waals surface area contributed by atoms with Gasteiger partial charge in [-0.25, -0.2) is 4.79 Å². The van der Waals surface area contributed by atoms with Crippen LogP contribution in [0.4, 0.5) is 5.69 Å². The van der Waals surface area contributed by atoms with Crippen LogP contribution in [0.3, 0.4) is 0 Å². The Hall–Kier alpha value is -1.63. The van der Waals surface area contributed by atoms with Crippen LogP contribution in [0.1, 0.15) is 6.92 Å². The third-order valence-corrected chi connectivity index (χ3v) is 1.82. The first-order valence-electron chi connectivity index (χ1n) is 4.25. The number of amides is 1. The Balaban J connectivity index is 3.01. The Kier molecular flexibility index (Phi) is 3.62. The zero-order valence-electron chi connectivity index (χ0n) is 8.44. The van der Waals surface area contributed by atoms with E-state index in [1.54, 1.807) is 0 Å². The van der Waals surface area contributed by atoms with E-state index in [1.807, 2.05) is 0 Å². The van der Waals surface area contributed by atoms with Crippen molar-refractivity contribution in [1.82, 2.24) is 5.59 Å². The van der Waals surface area contributed by atoms with E-state index >= 15 is 0 Å². The molecule has 1 amide bonds. The van der Waals surface area contributed by atoms with Gasteiger partial charge in [0.05, 0.1) is 14.0 Å². The molecule has 0 aliphatic carbocycles. The van der Waals surface area contributed by atoms with Gasteiger partial charge in [0.15, 0.2) is 17.2 Å². The highest BCUT2D eigenvalue weighted by molar-refractivity contribution is 5.66. The highest BCUT2D eigenvalue weighted by Gasteiger charge is 2.19. The third kappa shape index (κ3) is 2.66. The summed E-state index contributed by atoms with van der Waals surface area (Å²) in [7, 11) is 1.38. The summed E-state index contributed by atoms with van der Waals surface area (Å²) < 4.78 is 0. The average Bonchev–Trinajstić information content (AvgIpc) is 2.18. The van der Waals surface area contributed by atoms with E-state index in [0.717, 1.165) is 0 Å². The molecule has 0 saturated heterocycles. The molecular formula is C9H13N2O4+. The second-order valence-corrected chi connectivity index (χ2v) is 2.94. The predicted octanol–water partition coefficient (Wildman–Crippen LogP) is -0.773. The third-order valence-electron chi connectivity index (χ3n) is 1.82. The Morgan fingerprint density at radius 1 is 1.40 bits per heavy atom. The zero-order valence-corrected chi connectivity index (χ0v) is 8.44. The van der Waals surface area contributed by atoms with Crippen LogP contribution in [0, 0.1) is 0 Å². The van der Waals surface area contributed by atoms with E-state index in [1.165, 1.54) is 32.2 Å². The van der Waals surface area contributed by atoms with Gasteiger partial charge in [-0.05, 0) is 11.7 Å². The van der Waals surface area contributed by atoms with Gasteiger partial charge in [-0.2, -0.15) is 0 Å². The van der Waals surface area contributed by atoms with E-state index in [9.17, 15) is 9.90 Å². The number of aromatic hydroxyl groups is 2. The van der Waals surface area contributed by atoms with Gasteiger partial charge in [-0.3, -0.25) is 4.84 Å². The molecule has 6 heteroatoms. The summed E-state index contributed by atoms with van der Waals surface area (Å²) >= 11 is 0. The first-order valence-corrected chi connectivity index (χ1v) is 4.25. The molecule has 6 nitrogen and oxygen atoms in total. The Labute approximate surface area is 86.6 Å². The largest absolute Gasteiger partial charge is 0.504 e. The number of carbonyl (C=O) groups excluding carboxylic acids is 1. The maximum absolute atomic E-state index is 11.2. The zero-order chi connectivity index (χ0) is 11.4. The number of nitrogens with one attached hydrogen (secondary N) is 2. The number of carbonyl (C=O) groups is 1. The lowest BCUT2D eigenvalue weighted by atomic mass is 10.2. The number of hydrogen-bond acceptors (Lipinski definition) is 5. The van der Waals surface area contributed by atoms with E-state index in [0.29, 0.717) is 5.69 Å². The van der Waals surface area contributed by atoms with Crippen molar-refractivity contribution in [3.63, 3.8) is 0 Å². The second kappa shape index (κ2) is 4.74. The van der Waals surface area contributed by atoms with Crippen LogP contribution in [0.15, 0.2) is 18.2 Å². The van der Waals surface area contributed by atoms with Crippen LogP contribution in [0.5, 0.6) is 11.5 Å². The van der Waals surface area contributed by atoms with Crippen LogP contribution in [-0.4, -0.2) is 23.2 Å². The van der Waals surface area contributed by atoms with E-state index < -0.39 is 0 Å². The molecule has 4 N–H and O–H groups in total. The van der Waals surface area contributed by atoms with Gasteiger partial charge < -0.3 is 10.2 Å². The number of benzene rings is 1. The Morgan fingerprint density at radius 3 is 2.53 bits per heavy atom.